The lowest BCUT2D eigenvalue weighted by atomic mass is 9.94. The number of rotatable bonds is 5. The van der Waals surface area contributed by atoms with E-state index in [9.17, 15) is 22.8 Å². The lowest BCUT2D eigenvalue weighted by Crippen LogP contribution is -2.29. The number of ether oxygens (including phenoxy) is 1. The van der Waals surface area contributed by atoms with Crippen molar-refractivity contribution in [2.45, 2.75) is 18.7 Å². The number of primary amides is 1. The number of nitrogens with zero attached hydrogens (tertiary/aromatic N) is 1. The van der Waals surface area contributed by atoms with E-state index in [-0.39, 0.29) is 12.3 Å². The van der Waals surface area contributed by atoms with Gasteiger partial charge in [-0.2, -0.15) is 0 Å². The van der Waals surface area contributed by atoms with Gasteiger partial charge in [0.05, 0.1) is 5.92 Å². The largest absolute Gasteiger partial charge is 0.573 e. The highest BCUT2D eigenvalue weighted by molar-refractivity contribution is 5.88. The Labute approximate surface area is 119 Å². The second kappa shape index (κ2) is 6.47. The topological polar surface area (TPSA) is 72.6 Å². The van der Waals surface area contributed by atoms with Gasteiger partial charge in [-0.05, 0) is 17.7 Å². The van der Waals surface area contributed by atoms with Gasteiger partial charge in [0.2, 0.25) is 11.8 Å². The smallest absolute Gasteiger partial charge is 0.406 e. The van der Waals surface area contributed by atoms with Gasteiger partial charge >= 0.3 is 6.36 Å². The predicted molar refractivity (Wildman–Crippen MR) is 68.4 cm³/mol. The lowest BCUT2D eigenvalue weighted by Gasteiger charge is -2.17. The summed E-state index contributed by atoms with van der Waals surface area (Å²) in [6.45, 7) is 0. The summed E-state index contributed by atoms with van der Waals surface area (Å²) in [5.41, 5.74) is 5.59. The highest BCUT2D eigenvalue weighted by Crippen LogP contribution is 2.26. The van der Waals surface area contributed by atoms with Gasteiger partial charge in [-0.1, -0.05) is 12.1 Å². The van der Waals surface area contributed by atoms with Crippen LogP contribution in [-0.2, 0) is 9.59 Å². The molecule has 0 aliphatic carbocycles. The fourth-order valence-corrected chi connectivity index (χ4v) is 1.64. The molecule has 2 amide bonds. The van der Waals surface area contributed by atoms with E-state index < -0.39 is 23.9 Å². The molecule has 5 nitrogen and oxygen atoms in total. The van der Waals surface area contributed by atoms with Crippen molar-refractivity contribution in [1.29, 1.82) is 0 Å². The monoisotopic (exact) mass is 304 g/mol. The van der Waals surface area contributed by atoms with Gasteiger partial charge in [-0.3, -0.25) is 9.59 Å². The Hall–Kier alpha value is -2.25. The molecule has 1 unspecified atom stereocenters. The third kappa shape index (κ3) is 5.33. The summed E-state index contributed by atoms with van der Waals surface area (Å²) in [6.07, 6.45) is -4.94. The van der Waals surface area contributed by atoms with Crippen LogP contribution < -0.4 is 10.5 Å². The first-order chi connectivity index (χ1) is 9.60. The molecule has 21 heavy (non-hydrogen) atoms. The zero-order chi connectivity index (χ0) is 16.2. The molecule has 1 aromatic carbocycles. The van der Waals surface area contributed by atoms with E-state index in [0.29, 0.717) is 5.56 Å². The summed E-state index contributed by atoms with van der Waals surface area (Å²) in [4.78, 5) is 24.3. The molecule has 0 heterocycles. The molecule has 0 saturated heterocycles. The molecule has 0 fully saturated rings. The fourth-order valence-electron chi connectivity index (χ4n) is 1.64. The summed E-state index contributed by atoms with van der Waals surface area (Å²) >= 11 is 0. The Kier molecular flexibility index (Phi) is 5.17. The van der Waals surface area contributed by atoms with E-state index in [4.69, 9.17) is 5.73 Å². The van der Waals surface area contributed by atoms with Crippen molar-refractivity contribution < 1.29 is 27.5 Å². The van der Waals surface area contributed by atoms with Gasteiger partial charge in [-0.25, -0.2) is 0 Å². The van der Waals surface area contributed by atoms with Gasteiger partial charge in [0, 0.05) is 20.5 Å². The first kappa shape index (κ1) is 16.8. The van der Waals surface area contributed by atoms with E-state index in [0.717, 1.165) is 12.1 Å². The van der Waals surface area contributed by atoms with Gasteiger partial charge in [0.1, 0.15) is 5.75 Å². The highest BCUT2D eigenvalue weighted by atomic mass is 19.4. The van der Waals surface area contributed by atoms with Crippen molar-refractivity contribution in [3.63, 3.8) is 0 Å². The van der Waals surface area contributed by atoms with Gasteiger partial charge < -0.3 is 15.4 Å². The molecule has 0 spiro atoms. The van der Waals surface area contributed by atoms with Crippen LogP contribution in [-0.4, -0.2) is 37.2 Å². The maximum atomic E-state index is 12.0. The van der Waals surface area contributed by atoms with Crippen LogP contribution in [0.3, 0.4) is 0 Å². The number of halogens is 3. The Morgan fingerprint density at radius 3 is 2.14 bits per heavy atom. The van der Waals surface area contributed by atoms with Crippen LogP contribution in [0.2, 0.25) is 0 Å². The van der Waals surface area contributed by atoms with Crippen molar-refractivity contribution in [2.75, 3.05) is 14.1 Å². The molecule has 0 bridgehead atoms. The molecular formula is C13H15F3N2O3. The van der Waals surface area contributed by atoms with Crippen LogP contribution in [0, 0.1) is 0 Å². The zero-order valence-corrected chi connectivity index (χ0v) is 11.5. The third-order valence-corrected chi connectivity index (χ3v) is 2.74. The summed E-state index contributed by atoms with van der Waals surface area (Å²) < 4.78 is 39.9. The average Bonchev–Trinajstić information content (AvgIpc) is 2.34. The predicted octanol–water partition coefficient (Wildman–Crippen LogP) is 1.63. The first-order valence-corrected chi connectivity index (χ1v) is 5.95. The van der Waals surface area contributed by atoms with Crippen LogP contribution in [0.1, 0.15) is 17.9 Å². The number of amides is 2. The number of hydrogen-bond donors (Lipinski definition) is 1. The number of carbonyl (C=O) groups is 2. The first-order valence-electron chi connectivity index (χ1n) is 5.95. The molecule has 0 aromatic heterocycles. The molecule has 0 radical (unpaired) electrons. The minimum absolute atomic E-state index is 0.151. The van der Waals surface area contributed by atoms with Crippen LogP contribution in [0.25, 0.3) is 0 Å². The van der Waals surface area contributed by atoms with Crippen molar-refractivity contribution in [1.82, 2.24) is 4.90 Å². The van der Waals surface area contributed by atoms with E-state index in [1.807, 2.05) is 0 Å². The Morgan fingerprint density at radius 2 is 1.76 bits per heavy atom. The maximum absolute atomic E-state index is 12.0. The standard InChI is InChI=1S/C13H15F3N2O3/c1-18(2)11(19)7-10(12(17)20)8-3-5-9(6-4-8)21-13(14,15)16/h3-6,10H,7H2,1-2H3,(H2,17,20). The molecule has 0 aliphatic heterocycles. The van der Waals surface area contributed by atoms with E-state index in [2.05, 4.69) is 4.74 Å². The molecule has 0 aliphatic rings. The van der Waals surface area contributed by atoms with Crippen LogP contribution in [0.5, 0.6) is 5.75 Å². The number of carbonyl (C=O) groups excluding carboxylic acids is 2. The molecule has 2 N–H and O–H groups in total. The number of hydrogen-bond acceptors (Lipinski definition) is 3. The molecule has 1 rings (SSSR count). The van der Waals surface area contributed by atoms with Crippen molar-refractivity contribution >= 4 is 11.8 Å². The van der Waals surface area contributed by atoms with E-state index in [1.54, 1.807) is 0 Å². The Bertz CT molecular complexity index is 512. The molecule has 1 atom stereocenters. The summed E-state index contributed by atoms with van der Waals surface area (Å²) in [7, 11) is 3.06. The second-order valence-electron chi connectivity index (χ2n) is 4.56. The van der Waals surface area contributed by atoms with Gasteiger partial charge in [-0.15, -0.1) is 13.2 Å². The molecule has 0 saturated carbocycles. The van der Waals surface area contributed by atoms with Crippen molar-refractivity contribution in [2.24, 2.45) is 5.73 Å². The summed E-state index contributed by atoms with van der Waals surface area (Å²) in [5, 5.41) is 0. The van der Waals surface area contributed by atoms with Crippen LogP contribution in [0.4, 0.5) is 13.2 Å². The number of alkyl halides is 3. The second-order valence-corrected chi connectivity index (χ2v) is 4.56. The van der Waals surface area contributed by atoms with Gasteiger partial charge in [0.25, 0.3) is 0 Å². The molecule has 8 heteroatoms. The van der Waals surface area contributed by atoms with Crippen LogP contribution in [0.15, 0.2) is 24.3 Å². The summed E-state index contributed by atoms with van der Waals surface area (Å²) in [5.74, 6) is -2.35. The number of nitrogens with two attached hydrogens (primary N) is 1. The Morgan fingerprint density at radius 1 is 1.24 bits per heavy atom. The average molecular weight is 304 g/mol. The maximum Gasteiger partial charge on any atom is 0.573 e. The number of benzene rings is 1. The minimum atomic E-state index is -4.79. The van der Waals surface area contributed by atoms with Crippen LogP contribution >= 0.6 is 0 Å². The normalized spacial score (nSPS) is 12.6. The molecule has 1 aromatic rings. The lowest BCUT2D eigenvalue weighted by molar-refractivity contribution is -0.274. The zero-order valence-electron chi connectivity index (χ0n) is 11.5. The minimum Gasteiger partial charge on any atom is -0.406 e. The fraction of sp³-hybridized carbons (Fsp3) is 0.385. The summed E-state index contributed by atoms with van der Waals surface area (Å²) in [6, 6.07) is 4.69. The Balaban J connectivity index is 2.90. The third-order valence-electron chi connectivity index (χ3n) is 2.74. The van der Waals surface area contributed by atoms with E-state index >= 15 is 0 Å². The van der Waals surface area contributed by atoms with Gasteiger partial charge in [0.15, 0.2) is 0 Å². The highest BCUT2D eigenvalue weighted by Gasteiger charge is 2.31. The van der Waals surface area contributed by atoms with E-state index in [1.165, 1.54) is 31.1 Å². The van der Waals surface area contributed by atoms with Crippen molar-refractivity contribution in [3.8, 4) is 5.75 Å². The quantitative estimate of drug-likeness (QED) is 0.898. The molecule has 116 valence electrons. The SMILES string of the molecule is CN(C)C(=O)CC(C(N)=O)c1ccc(OC(F)(F)F)cc1. The molecular weight excluding hydrogens is 289 g/mol. The van der Waals surface area contributed by atoms with Crippen molar-refractivity contribution in [3.05, 3.63) is 29.8 Å².